The van der Waals surface area contributed by atoms with Gasteiger partial charge in [-0.2, -0.15) is 0 Å². The van der Waals surface area contributed by atoms with E-state index in [2.05, 4.69) is 6.92 Å². The number of unbranched alkanes of at least 4 members (excludes halogenated alkanes) is 1. The van der Waals surface area contributed by atoms with E-state index in [0.717, 1.165) is 30.4 Å². The Morgan fingerprint density at radius 2 is 1.84 bits per heavy atom. The molecule has 0 fully saturated rings. The van der Waals surface area contributed by atoms with E-state index in [1.54, 1.807) is 26.4 Å². The second kappa shape index (κ2) is 10.1. The van der Waals surface area contributed by atoms with E-state index >= 15 is 0 Å². The van der Waals surface area contributed by atoms with Crippen LogP contribution in [0.5, 0.6) is 17.2 Å². The third-order valence-corrected chi connectivity index (χ3v) is 5.52. The van der Waals surface area contributed by atoms with Gasteiger partial charge in [-0.05, 0) is 48.2 Å². The second-order valence-electron chi connectivity index (χ2n) is 7.42. The Kier molecular flexibility index (Phi) is 7.33. The van der Waals surface area contributed by atoms with Gasteiger partial charge < -0.3 is 19.1 Å². The molecule has 8 nitrogen and oxygen atoms in total. The van der Waals surface area contributed by atoms with Crippen LogP contribution < -0.4 is 14.2 Å². The molecule has 0 spiro atoms. The molecule has 0 radical (unpaired) electrons. The van der Waals surface area contributed by atoms with E-state index in [4.69, 9.17) is 14.2 Å². The summed E-state index contributed by atoms with van der Waals surface area (Å²) < 4.78 is 16.9. The number of nitro benzene ring substituents is 1. The smallest absolute Gasteiger partial charge is 0.269 e. The summed E-state index contributed by atoms with van der Waals surface area (Å²) in [4.78, 5) is 25.2. The Hall–Kier alpha value is -3.29. The molecule has 1 aliphatic rings. The summed E-state index contributed by atoms with van der Waals surface area (Å²) in [6.07, 6.45) is 3.00. The Morgan fingerprint density at radius 3 is 2.45 bits per heavy atom. The minimum absolute atomic E-state index is 0.00330. The zero-order chi connectivity index (χ0) is 22.4. The van der Waals surface area contributed by atoms with Crippen molar-refractivity contribution in [1.29, 1.82) is 0 Å². The summed E-state index contributed by atoms with van der Waals surface area (Å²) in [6.45, 7) is 2.89. The fraction of sp³-hybridized carbons (Fsp3) is 0.435. The topological polar surface area (TPSA) is 91.1 Å². The molecule has 1 heterocycles. The van der Waals surface area contributed by atoms with Gasteiger partial charge in [-0.25, -0.2) is 0 Å². The van der Waals surface area contributed by atoms with Crippen molar-refractivity contribution in [3.63, 3.8) is 0 Å². The largest absolute Gasteiger partial charge is 0.493 e. The molecule has 1 aliphatic heterocycles. The summed E-state index contributed by atoms with van der Waals surface area (Å²) in [6, 6.07) is 9.53. The lowest BCUT2D eigenvalue weighted by atomic mass is 9.91. The van der Waals surface area contributed by atoms with E-state index in [0.29, 0.717) is 30.2 Å². The lowest BCUT2D eigenvalue weighted by Gasteiger charge is -2.37. The van der Waals surface area contributed by atoms with Crippen LogP contribution in [0.1, 0.15) is 43.4 Å². The molecule has 1 unspecified atom stereocenters. The van der Waals surface area contributed by atoms with Gasteiger partial charge in [0.15, 0.2) is 11.5 Å². The van der Waals surface area contributed by atoms with Crippen LogP contribution in [0.25, 0.3) is 0 Å². The first kappa shape index (κ1) is 22.4. The summed E-state index contributed by atoms with van der Waals surface area (Å²) in [5.41, 5.74) is 2.06. The fourth-order valence-corrected chi connectivity index (χ4v) is 3.82. The van der Waals surface area contributed by atoms with Crippen molar-refractivity contribution >= 4 is 11.6 Å². The quantitative estimate of drug-likeness (QED) is 0.437. The van der Waals surface area contributed by atoms with Crippen LogP contribution in [0.15, 0.2) is 36.4 Å². The molecule has 0 aromatic heterocycles. The predicted molar refractivity (Wildman–Crippen MR) is 116 cm³/mol. The van der Waals surface area contributed by atoms with Crippen LogP contribution in [-0.4, -0.2) is 43.1 Å². The number of carbonyl (C=O) groups is 1. The molecule has 1 atom stereocenters. The van der Waals surface area contributed by atoms with Crippen molar-refractivity contribution < 1.29 is 23.9 Å². The highest BCUT2D eigenvalue weighted by Gasteiger charge is 2.32. The predicted octanol–water partition coefficient (Wildman–Crippen LogP) is 4.31. The highest BCUT2D eigenvalue weighted by Crippen LogP contribution is 2.38. The van der Waals surface area contributed by atoms with Crippen molar-refractivity contribution in [2.45, 2.75) is 38.6 Å². The molecule has 8 heteroatoms. The van der Waals surface area contributed by atoms with Gasteiger partial charge >= 0.3 is 0 Å². The maximum Gasteiger partial charge on any atom is 0.269 e. The van der Waals surface area contributed by atoms with Crippen molar-refractivity contribution in [1.82, 2.24) is 4.90 Å². The van der Waals surface area contributed by atoms with Gasteiger partial charge in [-0.1, -0.05) is 13.3 Å². The van der Waals surface area contributed by atoms with Gasteiger partial charge in [0.2, 0.25) is 5.91 Å². The number of carbonyl (C=O) groups excluding carboxylic acids is 1. The number of fused-ring (bicyclic) bond motifs is 1. The van der Waals surface area contributed by atoms with Crippen molar-refractivity contribution in [3.05, 3.63) is 57.6 Å². The Labute approximate surface area is 181 Å². The fourth-order valence-electron chi connectivity index (χ4n) is 3.82. The van der Waals surface area contributed by atoms with Gasteiger partial charge in [0.1, 0.15) is 12.4 Å². The highest BCUT2D eigenvalue weighted by atomic mass is 16.6. The molecule has 1 amide bonds. The third-order valence-electron chi connectivity index (χ3n) is 5.52. The third kappa shape index (κ3) is 5.07. The van der Waals surface area contributed by atoms with Crippen LogP contribution in [0.4, 0.5) is 5.69 Å². The lowest BCUT2D eigenvalue weighted by molar-refractivity contribution is -0.384. The first-order valence-corrected chi connectivity index (χ1v) is 10.4. The molecule has 2 aromatic rings. The molecule has 0 aliphatic carbocycles. The zero-order valence-electron chi connectivity index (χ0n) is 18.1. The molecule has 0 saturated heterocycles. The zero-order valence-corrected chi connectivity index (χ0v) is 18.1. The SMILES string of the molecule is CCCCC(=O)N1CCc2cc(OC)c(OC)cc2C1COc1ccc([N+](=O)[O-])cc1. The summed E-state index contributed by atoms with van der Waals surface area (Å²) in [5, 5.41) is 10.9. The van der Waals surface area contributed by atoms with Crippen LogP contribution in [0.3, 0.4) is 0 Å². The number of amides is 1. The normalized spacial score (nSPS) is 15.2. The van der Waals surface area contributed by atoms with E-state index in [1.807, 2.05) is 17.0 Å². The van der Waals surface area contributed by atoms with E-state index in [1.165, 1.54) is 12.1 Å². The molecule has 166 valence electrons. The molecular formula is C23H28N2O6. The van der Waals surface area contributed by atoms with Crippen molar-refractivity contribution in [3.8, 4) is 17.2 Å². The summed E-state index contributed by atoms with van der Waals surface area (Å²) in [7, 11) is 3.18. The second-order valence-corrected chi connectivity index (χ2v) is 7.42. The number of benzene rings is 2. The van der Waals surface area contributed by atoms with E-state index in [9.17, 15) is 14.9 Å². The highest BCUT2D eigenvalue weighted by molar-refractivity contribution is 5.77. The number of rotatable bonds is 9. The Bertz CT molecular complexity index is 928. The molecular weight excluding hydrogens is 400 g/mol. The number of nitro groups is 1. The Balaban J connectivity index is 1.89. The van der Waals surface area contributed by atoms with Gasteiger partial charge in [-0.15, -0.1) is 0 Å². The van der Waals surface area contributed by atoms with Crippen molar-refractivity contribution in [2.24, 2.45) is 0 Å². The number of hydrogen-bond donors (Lipinski definition) is 0. The molecule has 2 aromatic carbocycles. The molecule has 0 bridgehead atoms. The van der Waals surface area contributed by atoms with Gasteiger partial charge in [0.05, 0.1) is 25.2 Å². The maximum atomic E-state index is 12.9. The minimum atomic E-state index is -0.449. The number of nitrogens with zero attached hydrogens (tertiary/aromatic N) is 2. The first-order chi connectivity index (χ1) is 15.0. The molecule has 0 saturated carbocycles. The minimum Gasteiger partial charge on any atom is -0.493 e. The number of hydrogen-bond acceptors (Lipinski definition) is 6. The number of ether oxygens (including phenoxy) is 3. The standard InChI is InChI=1S/C23H28N2O6/c1-4-5-6-23(26)24-12-11-16-13-21(29-2)22(30-3)14-19(16)20(24)15-31-18-9-7-17(8-10-18)25(27)28/h7-10,13-14,20H,4-6,11-12,15H2,1-3H3. The lowest BCUT2D eigenvalue weighted by Crippen LogP contribution is -2.42. The maximum absolute atomic E-state index is 12.9. The van der Waals surface area contributed by atoms with E-state index < -0.39 is 4.92 Å². The number of non-ortho nitro benzene ring substituents is 1. The average Bonchev–Trinajstić information content (AvgIpc) is 2.79. The summed E-state index contributed by atoms with van der Waals surface area (Å²) in [5.74, 6) is 1.87. The Morgan fingerprint density at radius 1 is 1.16 bits per heavy atom. The monoisotopic (exact) mass is 428 g/mol. The molecule has 3 rings (SSSR count). The molecule has 31 heavy (non-hydrogen) atoms. The van der Waals surface area contributed by atoms with E-state index in [-0.39, 0.29) is 24.2 Å². The molecule has 0 N–H and O–H groups in total. The van der Waals surface area contributed by atoms with Crippen LogP contribution in [-0.2, 0) is 11.2 Å². The average molecular weight is 428 g/mol. The number of methoxy groups -OCH3 is 2. The first-order valence-electron chi connectivity index (χ1n) is 10.4. The van der Waals surface area contributed by atoms with Crippen LogP contribution >= 0.6 is 0 Å². The van der Waals surface area contributed by atoms with Crippen LogP contribution in [0, 0.1) is 10.1 Å². The van der Waals surface area contributed by atoms with Crippen molar-refractivity contribution in [2.75, 3.05) is 27.4 Å². The van der Waals surface area contributed by atoms with Gasteiger partial charge in [-0.3, -0.25) is 14.9 Å². The summed E-state index contributed by atoms with van der Waals surface area (Å²) >= 11 is 0. The van der Waals surface area contributed by atoms with Gasteiger partial charge in [0.25, 0.3) is 5.69 Å². The van der Waals surface area contributed by atoms with Crippen LogP contribution in [0.2, 0.25) is 0 Å². The van der Waals surface area contributed by atoms with Gasteiger partial charge in [0, 0.05) is 25.1 Å².